The number of nitrogens with two attached hydrogens (primary N) is 1. The molecule has 0 heterocycles. The van der Waals surface area contributed by atoms with Gasteiger partial charge in [-0.05, 0) is 58.3 Å². The fraction of sp³-hybridized carbons (Fsp3) is 0.533. The largest absolute Gasteiger partial charge is 0.510 e. The van der Waals surface area contributed by atoms with Gasteiger partial charge in [-0.3, -0.25) is 19.4 Å². The van der Waals surface area contributed by atoms with Gasteiger partial charge in [0.2, 0.25) is 0 Å². The molecular formula is C30H40FN3O6. The average Bonchev–Trinajstić information content (AvgIpc) is 2.86. The van der Waals surface area contributed by atoms with Crippen LogP contribution in [-0.2, 0) is 17.8 Å². The molecule has 0 aliphatic heterocycles. The number of carbonyl (C=O) groups is 2. The lowest BCUT2D eigenvalue weighted by Gasteiger charge is -2.52. The van der Waals surface area contributed by atoms with Gasteiger partial charge in [-0.15, -0.1) is 0 Å². The summed E-state index contributed by atoms with van der Waals surface area (Å²) in [6, 6.07) is 0.465. The van der Waals surface area contributed by atoms with Gasteiger partial charge in [0, 0.05) is 40.8 Å². The molecule has 1 aromatic carbocycles. The lowest BCUT2D eigenvalue weighted by atomic mass is 9.57. The molecule has 0 bridgehead atoms. The normalized spacial score (nSPS) is 27.3. The van der Waals surface area contributed by atoms with E-state index < -0.39 is 58.1 Å². The average molecular weight is 558 g/mol. The Morgan fingerprint density at radius 1 is 1.25 bits per heavy atom. The Balaban J connectivity index is 1.86. The molecule has 0 saturated carbocycles. The molecule has 0 radical (unpaired) electrons. The van der Waals surface area contributed by atoms with E-state index in [0.29, 0.717) is 12.5 Å². The highest BCUT2D eigenvalue weighted by atomic mass is 19.1. The second kappa shape index (κ2) is 10.3. The van der Waals surface area contributed by atoms with Crippen LogP contribution in [0.2, 0.25) is 0 Å². The van der Waals surface area contributed by atoms with E-state index in [9.17, 15) is 30.0 Å². The maximum absolute atomic E-state index is 16.1. The van der Waals surface area contributed by atoms with Crippen molar-refractivity contribution in [2.24, 2.45) is 23.5 Å². The van der Waals surface area contributed by atoms with Crippen LogP contribution in [-0.4, -0.2) is 80.2 Å². The Bertz CT molecular complexity index is 1350. The fourth-order valence-electron chi connectivity index (χ4n) is 6.82. The van der Waals surface area contributed by atoms with Crippen LogP contribution in [0.5, 0.6) is 5.75 Å². The third-order valence-corrected chi connectivity index (χ3v) is 9.24. The number of hydrogen-bond acceptors (Lipinski definition) is 8. The molecule has 218 valence electrons. The third kappa shape index (κ3) is 4.24. The highest BCUT2D eigenvalue weighted by molar-refractivity contribution is 6.13. The number of phenols is 1. The van der Waals surface area contributed by atoms with Crippen molar-refractivity contribution in [1.82, 2.24) is 9.80 Å². The van der Waals surface area contributed by atoms with E-state index in [1.54, 1.807) is 19.0 Å². The molecule has 3 aliphatic carbocycles. The Morgan fingerprint density at radius 2 is 1.88 bits per heavy atom. The first-order chi connectivity index (χ1) is 18.6. The van der Waals surface area contributed by atoms with Gasteiger partial charge in [-0.2, -0.15) is 0 Å². The smallest absolute Gasteiger partial charge is 0.252 e. The topological polar surface area (TPSA) is 148 Å². The van der Waals surface area contributed by atoms with Crippen molar-refractivity contribution in [3.8, 4) is 5.75 Å². The molecule has 9 nitrogen and oxygen atoms in total. The fourth-order valence-corrected chi connectivity index (χ4v) is 6.82. The van der Waals surface area contributed by atoms with Crippen molar-refractivity contribution in [1.29, 1.82) is 0 Å². The second-order valence-corrected chi connectivity index (χ2v) is 11.9. The number of amides is 1. The standard InChI is InChI=1S/C30H40FN3O6/c1-8-34(15(5)13(2)3)12-17-11-20(35)23-18(24(17)31)9-16-10-19-25(33(6)7)27(37)21(29(32)39)14(4)30(19,40)28(38)22(16)26(23)36/h11,13,15-16,19,25,35,37-38,40H,4,8-10,12H2,1-3,5-7H3,(H2,32,39)/t15-,16+,19+,25+,30+/m1/s1. The number of fused-ring (bicyclic) bond motifs is 3. The summed E-state index contributed by atoms with van der Waals surface area (Å²) in [4.78, 5) is 29.7. The van der Waals surface area contributed by atoms with Crippen LogP contribution < -0.4 is 5.73 Å². The van der Waals surface area contributed by atoms with E-state index in [1.165, 1.54) is 6.07 Å². The van der Waals surface area contributed by atoms with E-state index in [0.717, 1.165) is 0 Å². The molecule has 10 heteroatoms. The van der Waals surface area contributed by atoms with Gasteiger partial charge in [0.15, 0.2) is 11.4 Å². The van der Waals surface area contributed by atoms with Gasteiger partial charge >= 0.3 is 0 Å². The number of nitrogens with zero attached hydrogens (tertiary/aromatic N) is 2. The molecule has 0 spiro atoms. The molecular weight excluding hydrogens is 517 g/mol. The third-order valence-electron chi connectivity index (χ3n) is 9.24. The maximum atomic E-state index is 16.1. The zero-order chi connectivity index (χ0) is 30.0. The summed E-state index contributed by atoms with van der Waals surface area (Å²) in [5.74, 6) is -5.25. The molecule has 3 aliphatic rings. The van der Waals surface area contributed by atoms with E-state index in [1.807, 2.05) is 6.92 Å². The lowest BCUT2D eigenvalue weighted by Crippen LogP contribution is -2.60. The molecule has 0 unspecified atom stereocenters. The van der Waals surface area contributed by atoms with Crippen LogP contribution in [0, 0.1) is 23.6 Å². The van der Waals surface area contributed by atoms with Crippen LogP contribution >= 0.6 is 0 Å². The number of carbonyl (C=O) groups excluding carboxylic acids is 2. The van der Waals surface area contributed by atoms with Gasteiger partial charge in [-0.25, -0.2) is 4.39 Å². The minimum atomic E-state index is -2.28. The van der Waals surface area contributed by atoms with Crippen molar-refractivity contribution in [3.05, 3.63) is 63.4 Å². The van der Waals surface area contributed by atoms with Crippen molar-refractivity contribution in [2.45, 2.75) is 64.8 Å². The number of phenolic OH excluding ortho intramolecular Hbond substituents is 1. The van der Waals surface area contributed by atoms with Crippen molar-refractivity contribution < 1.29 is 34.4 Å². The minimum absolute atomic E-state index is 0.00802. The Labute approximate surface area is 234 Å². The Hall–Kier alpha value is -3.21. The monoisotopic (exact) mass is 557 g/mol. The molecule has 6 N–H and O–H groups in total. The number of aliphatic hydroxyl groups is 3. The van der Waals surface area contributed by atoms with Crippen LogP contribution in [0.25, 0.3) is 0 Å². The van der Waals surface area contributed by atoms with Crippen LogP contribution in [0.3, 0.4) is 0 Å². The summed E-state index contributed by atoms with van der Waals surface area (Å²) in [7, 11) is 3.26. The minimum Gasteiger partial charge on any atom is -0.510 e. The molecule has 0 fully saturated rings. The number of hydrogen-bond donors (Lipinski definition) is 5. The predicted molar refractivity (Wildman–Crippen MR) is 148 cm³/mol. The van der Waals surface area contributed by atoms with Crippen molar-refractivity contribution in [3.63, 3.8) is 0 Å². The Morgan fingerprint density at radius 3 is 2.40 bits per heavy atom. The summed E-state index contributed by atoms with van der Waals surface area (Å²) in [5, 5.41) is 45.3. The van der Waals surface area contributed by atoms with E-state index in [-0.39, 0.29) is 59.0 Å². The first kappa shape index (κ1) is 29.8. The highest BCUT2D eigenvalue weighted by Gasteiger charge is 2.60. The van der Waals surface area contributed by atoms with E-state index in [4.69, 9.17) is 5.73 Å². The molecule has 1 amide bonds. The number of aliphatic hydroxyl groups excluding tert-OH is 2. The lowest BCUT2D eigenvalue weighted by molar-refractivity contribution is -0.115. The SMILES string of the molecule is C=C1C(C(N)=O)=C(O)[C@@H](N(C)C)[C@@H]2C[C@@H]3Cc4c(F)c(CN(CC)[C@H](C)C(C)C)cc(O)c4C(=O)C3=C(O)[C@]12O. The van der Waals surface area contributed by atoms with Crippen molar-refractivity contribution >= 4 is 11.7 Å². The number of allylic oxidation sites excluding steroid dienone is 1. The quantitative estimate of drug-likeness (QED) is 0.344. The number of aromatic hydroxyl groups is 1. The van der Waals surface area contributed by atoms with Crippen LogP contribution in [0.1, 0.15) is 55.6 Å². The summed E-state index contributed by atoms with van der Waals surface area (Å²) in [5.41, 5.74) is 2.40. The first-order valence-electron chi connectivity index (χ1n) is 13.7. The number of halogens is 1. The molecule has 1 aromatic rings. The summed E-state index contributed by atoms with van der Waals surface area (Å²) < 4.78 is 16.1. The number of Topliss-reactive ketones (excluding diaryl/α,β-unsaturated/α-hetero) is 1. The van der Waals surface area contributed by atoms with Crippen LogP contribution in [0.15, 0.2) is 40.9 Å². The molecule has 5 atom stereocenters. The number of primary amides is 1. The maximum Gasteiger partial charge on any atom is 0.252 e. The number of rotatable bonds is 7. The first-order valence-corrected chi connectivity index (χ1v) is 13.7. The van der Waals surface area contributed by atoms with Crippen molar-refractivity contribution in [2.75, 3.05) is 20.6 Å². The summed E-state index contributed by atoms with van der Waals surface area (Å²) in [6.07, 6.45) is 0.0564. The van der Waals surface area contributed by atoms with E-state index >= 15 is 4.39 Å². The van der Waals surface area contributed by atoms with Crippen LogP contribution in [0.4, 0.5) is 4.39 Å². The predicted octanol–water partition coefficient (Wildman–Crippen LogP) is 3.11. The van der Waals surface area contributed by atoms with Gasteiger partial charge in [0.05, 0.1) is 17.2 Å². The van der Waals surface area contributed by atoms with Gasteiger partial charge in [-0.1, -0.05) is 27.4 Å². The highest BCUT2D eigenvalue weighted by Crippen LogP contribution is 2.55. The second-order valence-electron chi connectivity index (χ2n) is 11.9. The van der Waals surface area contributed by atoms with Gasteiger partial charge < -0.3 is 26.2 Å². The molecule has 0 saturated heterocycles. The summed E-state index contributed by atoms with van der Waals surface area (Å²) in [6.45, 7) is 12.9. The molecule has 40 heavy (non-hydrogen) atoms. The molecule has 4 rings (SSSR count). The molecule has 0 aromatic heterocycles. The summed E-state index contributed by atoms with van der Waals surface area (Å²) >= 11 is 0. The zero-order valence-electron chi connectivity index (χ0n) is 24.0. The number of likely N-dealkylation sites (N-methyl/N-ethyl adjacent to an activating group) is 1. The van der Waals surface area contributed by atoms with E-state index in [2.05, 4.69) is 32.3 Å². The number of benzene rings is 1. The zero-order valence-corrected chi connectivity index (χ0v) is 24.0. The number of ketones is 1. The van der Waals surface area contributed by atoms with Gasteiger partial charge in [0.25, 0.3) is 5.91 Å². The Kier molecular flexibility index (Phi) is 7.68. The van der Waals surface area contributed by atoms with Gasteiger partial charge in [0.1, 0.15) is 23.1 Å².